The molecule has 4 heteroatoms. The Hall–Kier alpha value is -0.640. The van der Waals surface area contributed by atoms with Gasteiger partial charge in [0.1, 0.15) is 0 Å². The fourth-order valence-corrected chi connectivity index (χ4v) is 3.27. The van der Waals surface area contributed by atoms with Crippen molar-refractivity contribution >= 4 is 11.6 Å². The largest absolute Gasteiger partial charge is 0.534 e. The van der Waals surface area contributed by atoms with Crippen LogP contribution in [0.15, 0.2) is 12.3 Å². The van der Waals surface area contributed by atoms with E-state index in [1.165, 1.54) is 0 Å². The second-order valence-corrected chi connectivity index (χ2v) is 5.20. The maximum Gasteiger partial charge on any atom is 0.163 e. The Balaban J connectivity index is 2.10. The SMILES string of the molecule is [O-][O+]1CCC2(CCCc3c(Cl)ccnc32)C1. The van der Waals surface area contributed by atoms with E-state index in [-0.39, 0.29) is 5.41 Å². The first kappa shape index (κ1) is 10.5. The van der Waals surface area contributed by atoms with Crippen LogP contribution < -0.4 is 5.26 Å². The number of pyridine rings is 1. The molecule has 2 aliphatic rings. The zero-order valence-corrected chi connectivity index (χ0v) is 9.79. The van der Waals surface area contributed by atoms with Gasteiger partial charge in [0, 0.05) is 17.6 Å². The number of nitrogens with zero attached hydrogens (tertiary/aromatic N) is 1. The van der Waals surface area contributed by atoms with Gasteiger partial charge < -0.3 is 9.78 Å². The van der Waals surface area contributed by atoms with Crippen LogP contribution in [0.2, 0.25) is 5.02 Å². The summed E-state index contributed by atoms with van der Waals surface area (Å²) >= 11 is 6.20. The van der Waals surface area contributed by atoms with Crippen LogP contribution in [0, 0.1) is 0 Å². The predicted molar refractivity (Wildman–Crippen MR) is 59.3 cm³/mol. The predicted octanol–water partition coefficient (Wildman–Crippen LogP) is 1.54. The molecule has 86 valence electrons. The van der Waals surface area contributed by atoms with Crippen molar-refractivity contribution < 1.29 is 9.78 Å². The Kier molecular flexibility index (Phi) is 2.42. The molecule has 3 nitrogen and oxygen atoms in total. The molecule has 1 aromatic rings. The van der Waals surface area contributed by atoms with Crippen molar-refractivity contribution in [2.24, 2.45) is 0 Å². The highest BCUT2D eigenvalue weighted by Crippen LogP contribution is 2.44. The third-order valence-corrected chi connectivity index (χ3v) is 4.18. The van der Waals surface area contributed by atoms with Crippen LogP contribution in [0.25, 0.3) is 0 Å². The van der Waals surface area contributed by atoms with Crippen LogP contribution in [0.4, 0.5) is 0 Å². The minimum absolute atomic E-state index is 0.0507. The highest BCUT2D eigenvalue weighted by Gasteiger charge is 2.46. The van der Waals surface area contributed by atoms with Gasteiger partial charge in [0.2, 0.25) is 0 Å². The molecule has 0 amide bonds. The van der Waals surface area contributed by atoms with Crippen molar-refractivity contribution in [3.8, 4) is 0 Å². The van der Waals surface area contributed by atoms with Crippen molar-refractivity contribution in [3.63, 3.8) is 0 Å². The normalized spacial score (nSPS) is 29.6. The van der Waals surface area contributed by atoms with Crippen molar-refractivity contribution in [2.75, 3.05) is 13.2 Å². The summed E-state index contributed by atoms with van der Waals surface area (Å²) in [6, 6.07) is 1.84. The van der Waals surface area contributed by atoms with E-state index in [0.29, 0.717) is 13.2 Å². The number of aromatic nitrogens is 1. The molecule has 1 aliphatic carbocycles. The first-order valence-corrected chi connectivity index (χ1v) is 6.08. The second kappa shape index (κ2) is 3.69. The smallest absolute Gasteiger partial charge is 0.163 e. The van der Waals surface area contributed by atoms with Crippen molar-refractivity contribution in [2.45, 2.75) is 31.1 Å². The molecule has 1 spiro atoms. The van der Waals surface area contributed by atoms with Gasteiger partial charge in [-0.3, -0.25) is 4.98 Å². The topological polar surface area (TPSA) is 38.7 Å². The Labute approximate surface area is 99.7 Å². The van der Waals surface area contributed by atoms with Crippen LogP contribution in [-0.4, -0.2) is 18.2 Å². The molecule has 2 heterocycles. The molecule has 1 atom stereocenters. The van der Waals surface area contributed by atoms with Crippen LogP contribution in [0.3, 0.4) is 0 Å². The van der Waals surface area contributed by atoms with E-state index in [1.54, 1.807) is 6.20 Å². The molecule has 1 fully saturated rings. The molecule has 0 bridgehead atoms. The number of fused-ring (bicyclic) bond motifs is 2. The summed E-state index contributed by atoms with van der Waals surface area (Å²) in [4.78, 5) is 4.49. The number of hydrogen-bond donors (Lipinski definition) is 0. The maximum absolute atomic E-state index is 11.4. The van der Waals surface area contributed by atoms with E-state index >= 15 is 0 Å². The van der Waals surface area contributed by atoms with Gasteiger partial charge in [-0.05, 0) is 30.9 Å². The zero-order chi connectivity index (χ0) is 11.2. The van der Waals surface area contributed by atoms with Gasteiger partial charge in [-0.2, -0.15) is 0 Å². The van der Waals surface area contributed by atoms with E-state index in [0.717, 1.165) is 42.0 Å². The average molecular weight is 240 g/mol. The Morgan fingerprint density at radius 2 is 2.31 bits per heavy atom. The highest BCUT2D eigenvalue weighted by molar-refractivity contribution is 6.31. The van der Waals surface area contributed by atoms with Crippen LogP contribution in [0.1, 0.15) is 30.5 Å². The molecular formula is C12H14ClNO2. The summed E-state index contributed by atoms with van der Waals surface area (Å²) in [6.07, 6.45) is 5.80. The molecule has 1 aliphatic heterocycles. The number of halogens is 1. The van der Waals surface area contributed by atoms with Crippen molar-refractivity contribution in [1.29, 1.82) is 0 Å². The van der Waals surface area contributed by atoms with Crippen LogP contribution in [-0.2, 0) is 16.4 Å². The summed E-state index contributed by atoms with van der Waals surface area (Å²) < 4.78 is 1.94. The van der Waals surface area contributed by atoms with Gasteiger partial charge >= 0.3 is 0 Å². The molecule has 0 radical (unpaired) electrons. The number of hydrogen-bond acceptors (Lipinski definition) is 2. The summed E-state index contributed by atoms with van der Waals surface area (Å²) in [5.74, 6) is 0. The van der Waals surface area contributed by atoms with Gasteiger partial charge in [0.25, 0.3) is 0 Å². The first-order valence-electron chi connectivity index (χ1n) is 5.70. The van der Waals surface area contributed by atoms with Gasteiger partial charge in [0.15, 0.2) is 13.2 Å². The van der Waals surface area contributed by atoms with Gasteiger partial charge in [-0.25, -0.2) is 0 Å². The monoisotopic (exact) mass is 239 g/mol. The fraction of sp³-hybridized carbons (Fsp3) is 0.583. The maximum atomic E-state index is 11.4. The van der Waals surface area contributed by atoms with E-state index < -0.39 is 0 Å². The first-order chi connectivity index (χ1) is 7.71. The average Bonchev–Trinajstić information content (AvgIpc) is 2.63. The van der Waals surface area contributed by atoms with Crippen molar-refractivity contribution in [3.05, 3.63) is 28.5 Å². The molecule has 3 rings (SSSR count). The standard InChI is InChI=1S/C12H14ClNO2/c13-10-3-6-14-11-9(10)2-1-4-12(11)5-7-16(15)8-12/h3,6H,1-2,4-5,7-8H2. The third-order valence-electron chi connectivity index (χ3n) is 3.83. The van der Waals surface area contributed by atoms with E-state index in [4.69, 9.17) is 11.6 Å². The van der Waals surface area contributed by atoms with E-state index in [9.17, 15) is 5.26 Å². The molecule has 1 saturated heterocycles. The molecule has 1 aromatic heterocycles. The Morgan fingerprint density at radius 3 is 3.06 bits per heavy atom. The van der Waals surface area contributed by atoms with Gasteiger partial charge in [-0.15, -0.1) is 0 Å². The minimum Gasteiger partial charge on any atom is -0.534 e. The summed E-state index contributed by atoms with van der Waals surface area (Å²) in [6.45, 7) is 1.06. The molecular weight excluding hydrogens is 226 g/mol. The molecule has 0 saturated carbocycles. The quantitative estimate of drug-likeness (QED) is 0.509. The lowest BCUT2D eigenvalue weighted by atomic mass is 9.72. The lowest BCUT2D eigenvalue weighted by Crippen LogP contribution is -2.36. The lowest BCUT2D eigenvalue weighted by molar-refractivity contribution is -0.789. The summed E-state index contributed by atoms with van der Waals surface area (Å²) in [5.41, 5.74) is 2.17. The lowest BCUT2D eigenvalue weighted by Gasteiger charge is -2.32. The molecule has 16 heavy (non-hydrogen) atoms. The van der Waals surface area contributed by atoms with Crippen molar-refractivity contribution in [1.82, 2.24) is 4.98 Å². The third kappa shape index (κ3) is 1.46. The summed E-state index contributed by atoms with van der Waals surface area (Å²) in [5, 5.41) is 12.2. The highest BCUT2D eigenvalue weighted by atomic mass is 35.5. The summed E-state index contributed by atoms with van der Waals surface area (Å²) in [7, 11) is 0. The van der Waals surface area contributed by atoms with Crippen LogP contribution in [0.5, 0.6) is 0 Å². The second-order valence-electron chi connectivity index (χ2n) is 4.79. The fourth-order valence-electron chi connectivity index (χ4n) is 3.03. The zero-order valence-electron chi connectivity index (χ0n) is 9.04. The minimum atomic E-state index is -0.0507. The molecule has 1 unspecified atom stereocenters. The molecule has 0 aromatic carbocycles. The van der Waals surface area contributed by atoms with Gasteiger partial charge in [-0.1, -0.05) is 11.6 Å². The number of rotatable bonds is 0. The Bertz CT molecular complexity index is 423. The van der Waals surface area contributed by atoms with Gasteiger partial charge in [0.05, 0.1) is 11.1 Å². The molecule has 0 N–H and O–H groups in total. The van der Waals surface area contributed by atoms with E-state index in [1.807, 2.05) is 10.6 Å². The van der Waals surface area contributed by atoms with E-state index in [2.05, 4.69) is 4.98 Å². The Morgan fingerprint density at radius 1 is 1.44 bits per heavy atom. The van der Waals surface area contributed by atoms with Crippen LogP contribution >= 0.6 is 11.6 Å².